The summed E-state index contributed by atoms with van der Waals surface area (Å²) in [7, 11) is 0. The van der Waals surface area contributed by atoms with Gasteiger partial charge in [0.15, 0.2) is 0 Å². The van der Waals surface area contributed by atoms with Gasteiger partial charge in [0.05, 0.1) is 5.52 Å². The van der Waals surface area contributed by atoms with Crippen LogP contribution in [0.25, 0.3) is 55.3 Å². The summed E-state index contributed by atoms with van der Waals surface area (Å²) in [5, 5.41) is 3.66. The molecule has 2 aromatic heterocycles. The van der Waals surface area contributed by atoms with Crippen LogP contribution in [0.4, 0.5) is 0 Å². The third-order valence-corrected chi connectivity index (χ3v) is 8.88. The van der Waals surface area contributed by atoms with Crippen molar-refractivity contribution in [2.24, 2.45) is 0 Å². The van der Waals surface area contributed by atoms with Crippen LogP contribution < -0.4 is 0 Å². The molecule has 2 heterocycles. The second kappa shape index (κ2) is 12.4. The molecule has 0 spiro atoms. The number of nitrogens with zero attached hydrogens (tertiary/aromatic N) is 2. The molecule has 7 aromatic rings. The van der Waals surface area contributed by atoms with Gasteiger partial charge in [0, 0.05) is 42.8 Å². The second-order valence-corrected chi connectivity index (χ2v) is 13.3. The van der Waals surface area contributed by atoms with Crippen molar-refractivity contribution in [1.82, 2.24) is 9.97 Å². The van der Waals surface area contributed by atoms with Crippen molar-refractivity contribution in [2.45, 2.75) is 45.4 Å². The summed E-state index contributed by atoms with van der Waals surface area (Å²) in [6, 6.07) is 48.9. The van der Waals surface area contributed by atoms with Gasteiger partial charge in [-0.3, -0.25) is 4.98 Å². The fourth-order valence-corrected chi connectivity index (χ4v) is 6.75. The van der Waals surface area contributed by atoms with E-state index in [1.807, 2.05) is 42.5 Å². The van der Waals surface area contributed by atoms with Gasteiger partial charge in [-0.15, -0.1) is 65.0 Å². The predicted octanol–water partition coefficient (Wildman–Crippen LogP) is 11.0. The zero-order chi connectivity index (χ0) is 31.2. The van der Waals surface area contributed by atoms with Crippen molar-refractivity contribution < 1.29 is 20.1 Å². The summed E-state index contributed by atoms with van der Waals surface area (Å²) in [6.07, 6.45) is 1.79. The zero-order valence-electron chi connectivity index (χ0n) is 26.9. The Hall–Kier alpha value is -4.43. The van der Waals surface area contributed by atoms with Crippen LogP contribution in [0.1, 0.15) is 51.3 Å². The average Bonchev–Trinajstić information content (AvgIpc) is 3.31. The molecular formula is C43H36IrN2-2. The van der Waals surface area contributed by atoms with Crippen LogP contribution in [0.3, 0.4) is 0 Å². The number of pyridine rings is 2. The van der Waals surface area contributed by atoms with Crippen LogP contribution in [0.15, 0.2) is 128 Å². The van der Waals surface area contributed by atoms with Crippen molar-refractivity contribution in [2.75, 3.05) is 0 Å². The Labute approximate surface area is 285 Å². The van der Waals surface area contributed by atoms with Crippen LogP contribution in [-0.2, 0) is 30.9 Å². The molecule has 1 aliphatic carbocycles. The van der Waals surface area contributed by atoms with E-state index in [-0.39, 0.29) is 30.9 Å². The number of para-hydroxylation sites is 1. The molecular weight excluding hydrogens is 737 g/mol. The molecule has 0 bridgehead atoms. The Morgan fingerprint density at radius 1 is 0.696 bits per heavy atom. The molecule has 0 aliphatic heterocycles. The molecule has 0 saturated carbocycles. The van der Waals surface area contributed by atoms with E-state index in [1.165, 1.54) is 38.6 Å². The Balaban J connectivity index is 0.000000241. The molecule has 2 nitrogen and oxygen atoms in total. The fraction of sp³-hybridized carbons (Fsp3) is 0.163. The molecule has 229 valence electrons. The maximum Gasteiger partial charge on any atom is 0.0621 e. The topological polar surface area (TPSA) is 25.8 Å². The quantitative estimate of drug-likeness (QED) is 0.164. The average molecular weight is 773 g/mol. The van der Waals surface area contributed by atoms with Gasteiger partial charge in [0.1, 0.15) is 0 Å². The molecule has 0 fully saturated rings. The molecule has 5 aromatic carbocycles. The molecule has 1 radical (unpaired) electrons. The van der Waals surface area contributed by atoms with E-state index in [4.69, 9.17) is 4.98 Å². The molecule has 3 heteroatoms. The molecule has 46 heavy (non-hydrogen) atoms. The van der Waals surface area contributed by atoms with Crippen molar-refractivity contribution >= 4 is 21.7 Å². The molecule has 1 aliphatic rings. The van der Waals surface area contributed by atoms with E-state index in [2.05, 4.69) is 131 Å². The first-order valence-corrected chi connectivity index (χ1v) is 15.6. The van der Waals surface area contributed by atoms with Gasteiger partial charge in [0.25, 0.3) is 0 Å². The van der Waals surface area contributed by atoms with Gasteiger partial charge in [0.2, 0.25) is 0 Å². The van der Waals surface area contributed by atoms with Crippen LogP contribution in [0, 0.1) is 12.1 Å². The number of benzene rings is 5. The molecule has 0 amide bonds. The summed E-state index contributed by atoms with van der Waals surface area (Å²) >= 11 is 0. The number of fused-ring (bicyclic) bond motifs is 6. The van der Waals surface area contributed by atoms with Crippen molar-refractivity contribution in [3.8, 4) is 33.6 Å². The Morgan fingerprint density at radius 2 is 1.39 bits per heavy atom. The summed E-state index contributed by atoms with van der Waals surface area (Å²) in [5.74, 6) is 0. The Morgan fingerprint density at radius 3 is 2.13 bits per heavy atom. The van der Waals surface area contributed by atoms with Crippen LogP contribution >= 0.6 is 0 Å². The van der Waals surface area contributed by atoms with Crippen molar-refractivity contribution in [3.63, 3.8) is 0 Å². The first kappa shape index (κ1) is 31.5. The van der Waals surface area contributed by atoms with Gasteiger partial charge in [-0.2, -0.15) is 0 Å². The minimum absolute atomic E-state index is 0. The number of aromatic nitrogens is 2. The van der Waals surface area contributed by atoms with Crippen molar-refractivity contribution in [3.05, 3.63) is 156 Å². The zero-order valence-corrected chi connectivity index (χ0v) is 29.2. The largest absolute Gasteiger partial charge is 0.305 e. The maximum absolute atomic E-state index is 5.28. The molecule has 0 unspecified atom stereocenters. The third kappa shape index (κ3) is 5.60. The van der Waals surface area contributed by atoms with Crippen LogP contribution in [0.5, 0.6) is 0 Å². The van der Waals surface area contributed by atoms with Gasteiger partial charge in [-0.1, -0.05) is 118 Å². The summed E-state index contributed by atoms with van der Waals surface area (Å²) < 4.78 is 0. The monoisotopic (exact) mass is 773 g/mol. The predicted molar refractivity (Wildman–Crippen MR) is 188 cm³/mol. The van der Waals surface area contributed by atoms with Crippen molar-refractivity contribution in [1.29, 1.82) is 0 Å². The molecule has 8 rings (SSSR count). The summed E-state index contributed by atoms with van der Waals surface area (Å²) in [6.45, 7) is 11.6. The third-order valence-electron chi connectivity index (χ3n) is 8.88. The fourth-order valence-electron chi connectivity index (χ4n) is 6.75. The first-order valence-electron chi connectivity index (χ1n) is 15.6. The summed E-state index contributed by atoms with van der Waals surface area (Å²) in [4.78, 5) is 9.50. The second-order valence-electron chi connectivity index (χ2n) is 13.3. The molecule has 0 saturated heterocycles. The molecule has 0 atom stereocenters. The van der Waals surface area contributed by atoms with E-state index in [0.29, 0.717) is 0 Å². The Bertz CT molecular complexity index is 2120. The minimum atomic E-state index is -0.0904. The van der Waals surface area contributed by atoms with E-state index in [0.717, 1.165) is 33.4 Å². The maximum atomic E-state index is 5.28. The SMILES string of the molecule is CC(C)(C)c1cc(-c2nc3ccccc3c3c2-c2ccccc2C3(C)C)[c-]c2ccccc12.[Ir].[c-]1ccccc1-c1ccccn1. The van der Waals surface area contributed by atoms with E-state index in [1.54, 1.807) is 6.20 Å². The number of hydrogen-bond donors (Lipinski definition) is 0. The van der Waals surface area contributed by atoms with E-state index in [9.17, 15) is 0 Å². The number of rotatable bonds is 2. The van der Waals surface area contributed by atoms with Gasteiger partial charge in [-0.25, -0.2) is 0 Å². The standard InChI is InChI=1S/C32H28N.C11H8N.Ir/c1-31(2,3)26-19-21(18-20-12-6-7-13-22(20)26)30-28-23-14-8-10-16-25(23)32(4,5)29(28)24-15-9-11-17-27(24)33-30;1-2-6-10(7-3-1)11-8-4-5-9-12-11;/h6-17,19H,1-5H3;1-6,8-9H;/q2*-1;. The summed E-state index contributed by atoms with van der Waals surface area (Å²) in [5.41, 5.74) is 11.7. The van der Waals surface area contributed by atoms with E-state index >= 15 is 0 Å². The van der Waals surface area contributed by atoms with Crippen LogP contribution in [-0.4, -0.2) is 9.97 Å². The molecule has 0 N–H and O–H groups in total. The van der Waals surface area contributed by atoms with Gasteiger partial charge >= 0.3 is 0 Å². The smallest absolute Gasteiger partial charge is 0.0621 e. The minimum Gasteiger partial charge on any atom is -0.305 e. The first-order chi connectivity index (χ1) is 21.7. The van der Waals surface area contributed by atoms with Gasteiger partial charge in [-0.05, 0) is 45.5 Å². The Kier molecular flexibility index (Phi) is 8.50. The number of hydrogen-bond acceptors (Lipinski definition) is 2. The van der Waals surface area contributed by atoms with Crippen LogP contribution in [0.2, 0.25) is 0 Å². The van der Waals surface area contributed by atoms with E-state index < -0.39 is 0 Å². The van der Waals surface area contributed by atoms with Gasteiger partial charge < -0.3 is 4.98 Å². The normalized spacial score (nSPS) is 12.9.